The van der Waals surface area contributed by atoms with E-state index in [9.17, 15) is 4.79 Å². The Balaban J connectivity index is 1.73. The number of aromatic nitrogens is 5. The first kappa shape index (κ1) is 26.5. The molecular weight excluding hydrogens is 534 g/mol. The van der Waals surface area contributed by atoms with Crippen LogP contribution in [0, 0.1) is 20.8 Å². The molecule has 3 heterocycles. The van der Waals surface area contributed by atoms with Gasteiger partial charge in [-0.1, -0.05) is 39.0 Å². The Morgan fingerprint density at radius 3 is 2.46 bits per heavy atom. The van der Waals surface area contributed by atoms with Crippen LogP contribution in [0.25, 0.3) is 16.9 Å². The van der Waals surface area contributed by atoms with Gasteiger partial charge in [-0.05, 0) is 60.0 Å². The predicted molar refractivity (Wildman–Crippen MR) is 147 cm³/mol. The van der Waals surface area contributed by atoms with E-state index in [1.54, 1.807) is 24.7 Å². The van der Waals surface area contributed by atoms with Crippen LogP contribution < -0.4 is 15.0 Å². The van der Waals surface area contributed by atoms with Gasteiger partial charge >= 0.3 is 0 Å². The first-order valence-electron chi connectivity index (χ1n) is 11.9. The van der Waals surface area contributed by atoms with E-state index in [1.807, 2.05) is 50.4 Å². The normalized spacial score (nSPS) is 11.5. The van der Waals surface area contributed by atoms with E-state index in [0.29, 0.717) is 17.4 Å². The second kappa shape index (κ2) is 10.4. The number of halogens is 1. The molecule has 0 radical (unpaired) electrons. The number of benzene rings is 1. The number of hydrogen-bond donors (Lipinski definition) is 0. The molecule has 0 aliphatic carbocycles. The van der Waals surface area contributed by atoms with E-state index in [2.05, 4.69) is 51.7 Å². The maximum absolute atomic E-state index is 13.5. The summed E-state index contributed by atoms with van der Waals surface area (Å²) in [5, 5.41) is 0. The topological polar surface area (TPSA) is 92.0 Å². The van der Waals surface area contributed by atoms with E-state index in [4.69, 9.17) is 14.5 Å². The summed E-state index contributed by atoms with van der Waals surface area (Å²) in [6.07, 6.45) is 1.85. The lowest BCUT2D eigenvalue weighted by Crippen LogP contribution is -2.24. The standard InChI is InChI=1S/C28H30BrN5O3/c1-16-11-12-19(24-17(2)14-30-27(33-24)28(4,5)6)13-21(16)34-18(3)31-25(23(29)26(34)35)37-15-20-9-8-10-22(32-20)36-7/h8-14H,15H2,1-7H3. The average Bonchev–Trinajstić information content (AvgIpc) is 2.86. The van der Waals surface area contributed by atoms with E-state index in [1.165, 1.54) is 0 Å². The summed E-state index contributed by atoms with van der Waals surface area (Å²) >= 11 is 3.41. The largest absolute Gasteiger partial charge is 0.481 e. The van der Waals surface area contributed by atoms with Crippen LogP contribution in [0.5, 0.6) is 11.8 Å². The Morgan fingerprint density at radius 1 is 1.00 bits per heavy atom. The smallest absolute Gasteiger partial charge is 0.276 e. The van der Waals surface area contributed by atoms with Gasteiger partial charge in [-0.15, -0.1) is 0 Å². The molecule has 37 heavy (non-hydrogen) atoms. The van der Waals surface area contributed by atoms with Crippen LogP contribution in [0.2, 0.25) is 0 Å². The lowest BCUT2D eigenvalue weighted by Gasteiger charge is -2.19. The summed E-state index contributed by atoms with van der Waals surface area (Å²) in [7, 11) is 1.56. The number of nitrogens with zero attached hydrogens (tertiary/aromatic N) is 5. The van der Waals surface area contributed by atoms with Crippen molar-refractivity contribution in [3.05, 3.63) is 85.9 Å². The van der Waals surface area contributed by atoms with Crippen molar-refractivity contribution >= 4 is 15.9 Å². The summed E-state index contributed by atoms with van der Waals surface area (Å²) < 4.78 is 12.8. The molecule has 0 aliphatic rings. The molecule has 8 nitrogen and oxygen atoms in total. The number of pyridine rings is 1. The van der Waals surface area contributed by atoms with Crippen LogP contribution >= 0.6 is 15.9 Å². The summed E-state index contributed by atoms with van der Waals surface area (Å²) in [6.45, 7) is 12.1. The highest BCUT2D eigenvalue weighted by molar-refractivity contribution is 9.10. The van der Waals surface area contributed by atoms with Crippen LogP contribution in [0.4, 0.5) is 0 Å². The molecule has 0 aliphatic heterocycles. The molecule has 0 N–H and O–H groups in total. The Morgan fingerprint density at radius 2 is 1.76 bits per heavy atom. The van der Waals surface area contributed by atoms with Crippen LogP contribution in [0.3, 0.4) is 0 Å². The van der Waals surface area contributed by atoms with Crippen molar-refractivity contribution in [3.63, 3.8) is 0 Å². The monoisotopic (exact) mass is 563 g/mol. The fraction of sp³-hybridized carbons (Fsp3) is 0.321. The maximum Gasteiger partial charge on any atom is 0.276 e. The SMILES string of the molecule is COc1cccc(COc2nc(C)n(-c3cc(-c4nc(C(C)(C)C)ncc4C)ccc3C)c(=O)c2Br)n1. The average molecular weight is 564 g/mol. The van der Waals surface area contributed by atoms with E-state index >= 15 is 0 Å². The first-order valence-corrected chi connectivity index (χ1v) is 12.7. The van der Waals surface area contributed by atoms with Crippen molar-refractivity contribution in [3.8, 4) is 28.7 Å². The molecule has 4 rings (SSSR count). The lowest BCUT2D eigenvalue weighted by atomic mass is 9.95. The molecule has 0 fully saturated rings. The van der Waals surface area contributed by atoms with Crippen molar-refractivity contribution in [2.24, 2.45) is 0 Å². The first-order chi connectivity index (χ1) is 17.5. The number of rotatable bonds is 6. The molecule has 0 saturated carbocycles. The fourth-order valence-corrected chi connectivity index (χ4v) is 4.23. The zero-order chi connectivity index (χ0) is 26.9. The number of ether oxygens (including phenoxy) is 2. The molecule has 192 valence electrons. The Hall–Kier alpha value is -3.59. The quantitative estimate of drug-likeness (QED) is 0.299. The molecule has 0 bridgehead atoms. The lowest BCUT2D eigenvalue weighted by molar-refractivity contribution is 0.282. The van der Waals surface area contributed by atoms with E-state index in [0.717, 1.165) is 33.9 Å². The van der Waals surface area contributed by atoms with Crippen molar-refractivity contribution < 1.29 is 9.47 Å². The highest BCUT2D eigenvalue weighted by Crippen LogP contribution is 2.29. The van der Waals surface area contributed by atoms with Crippen molar-refractivity contribution in [1.82, 2.24) is 24.5 Å². The van der Waals surface area contributed by atoms with Crippen molar-refractivity contribution in [2.75, 3.05) is 7.11 Å². The van der Waals surface area contributed by atoms with Crippen molar-refractivity contribution in [2.45, 2.75) is 53.6 Å². The third-order valence-electron chi connectivity index (χ3n) is 5.88. The van der Waals surface area contributed by atoms with Crippen molar-refractivity contribution in [1.29, 1.82) is 0 Å². The third-order valence-corrected chi connectivity index (χ3v) is 6.56. The molecule has 1 aromatic carbocycles. The predicted octanol–water partition coefficient (Wildman–Crippen LogP) is 5.66. The Kier molecular flexibility index (Phi) is 7.45. The Labute approximate surface area is 224 Å². The minimum absolute atomic E-state index is 0.142. The molecule has 3 aromatic heterocycles. The third kappa shape index (κ3) is 5.56. The molecule has 0 atom stereocenters. The van der Waals surface area contributed by atoms with Gasteiger partial charge in [0.05, 0.1) is 24.2 Å². The molecular formula is C28H30BrN5O3. The maximum atomic E-state index is 13.5. The Bertz CT molecular complexity index is 1530. The van der Waals surface area contributed by atoms with Crippen LogP contribution in [0.1, 0.15) is 49.2 Å². The summed E-state index contributed by atoms with van der Waals surface area (Å²) in [4.78, 5) is 31.8. The van der Waals surface area contributed by atoms with Crippen LogP contribution in [-0.4, -0.2) is 31.6 Å². The van der Waals surface area contributed by atoms with Gasteiger partial charge in [0, 0.05) is 23.2 Å². The minimum Gasteiger partial charge on any atom is -0.481 e. The zero-order valence-electron chi connectivity index (χ0n) is 22.1. The minimum atomic E-state index is -0.267. The highest BCUT2D eigenvalue weighted by atomic mass is 79.9. The molecule has 0 spiro atoms. The van der Waals surface area contributed by atoms with Gasteiger partial charge in [0.2, 0.25) is 11.8 Å². The molecule has 4 aromatic rings. The molecule has 0 saturated heterocycles. The molecule has 0 amide bonds. The van der Waals surface area contributed by atoms with Gasteiger partial charge < -0.3 is 9.47 Å². The van der Waals surface area contributed by atoms with Crippen LogP contribution in [-0.2, 0) is 12.0 Å². The zero-order valence-corrected chi connectivity index (χ0v) is 23.7. The second-order valence-corrected chi connectivity index (χ2v) is 10.6. The number of methoxy groups -OCH3 is 1. The second-order valence-electron chi connectivity index (χ2n) is 9.86. The van der Waals surface area contributed by atoms with Gasteiger partial charge in [0.25, 0.3) is 5.56 Å². The highest BCUT2D eigenvalue weighted by Gasteiger charge is 2.21. The fourth-order valence-electron chi connectivity index (χ4n) is 3.85. The van der Waals surface area contributed by atoms with Gasteiger partial charge in [-0.2, -0.15) is 4.98 Å². The summed E-state index contributed by atoms with van der Waals surface area (Å²) in [6, 6.07) is 11.4. The van der Waals surface area contributed by atoms with E-state index < -0.39 is 0 Å². The number of aryl methyl sites for hydroxylation is 3. The van der Waals surface area contributed by atoms with Gasteiger partial charge in [0.15, 0.2) is 0 Å². The van der Waals surface area contributed by atoms with Gasteiger partial charge in [-0.25, -0.2) is 15.0 Å². The van der Waals surface area contributed by atoms with E-state index in [-0.39, 0.29) is 27.9 Å². The van der Waals surface area contributed by atoms with Crippen LogP contribution in [0.15, 0.2) is 51.9 Å². The van der Waals surface area contributed by atoms with Gasteiger partial charge in [-0.3, -0.25) is 9.36 Å². The molecule has 0 unspecified atom stereocenters. The molecule has 9 heteroatoms. The van der Waals surface area contributed by atoms with Gasteiger partial charge in [0.1, 0.15) is 22.7 Å². The number of hydrogen-bond acceptors (Lipinski definition) is 7. The summed E-state index contributed by atoms with van der Waals surface area (Å²) in [5.74, 6) is 1.96. The summed E-state index contributed by atoms with van der Waals surface area (Å²) in [5.41, 5.74) is 4.56.